The van der Waals surface area contributed by atoms with E-state index in [1.165, 1.54) is 6.20 Å². The summed E-state index contributed by atoms with van der Waals surface area (Å²) in [4.78, 5) is 20.7. The van der Waals surface area contributed by atoms with Crippen LogP contribution in [0.3, 0.4) is 0 Å². The molecule has 0 bridgehead atoms. The van der Waals surface area contributed by atoms with E-state index < -0.39 is 6.03 Å². The Morgan fingerprint density at radius 2 is 1.80 bits per heavy atom. The zero-order valence-corrected chi connectivity index (χ0v) is 17.4. The second-order valence-corrected chi connectivity index (χ2v) is 6.96. The highest BCUT2D eigenvalue weighted by Gasteiger charge is 2.18. The predicted molar refractivity (Wildman–Crippen MR) is 117 cm³/mol. The number of aromatic nitrogens is 2. The van der Waals surface area contributed by atoms with Crippen LogP contribution in [0, 0.1) is 6.92 Å². The van der Waals surface area contributed by atoms with Crippen LogP contribution in [0.25, 0.3) is 0 Å². The third-order valence-electron chi connectivity index (χ3n) is 4.36. The number of hydrogen-bond donors (Lipinski definition) is 3. The molecule has 0 fully saturated rings. The fourth-order valence-electron chi connectivity index (χ4n) is 2.86. The van der Waals surface area contributed by atoms with Crippen molar-refractivity contribution in [1.82, 2.24) is 9.97 Å². The van der Waals surface area contributed by atoms with E-state index in [9.17, 15) is 4.79 Å². The molecule has 8 nitrogen and oxygen atoms in total. The molecule has 4 N–H and O–H groups in total. The second kappa shape index (κ2) is 9.13. The molecule has 3 rings (SSSR count). The maximum Gasteiger partial charge on any atom is 0.323 e. The van der Waals surface area contributed by atoms with Crippen LogP contribution in [0.1, 0.15) is 31.2 Å². The van der Waals surface area contributed by atoms with Gasteiger partial charge in [-0.15, -0.1) is 0 Å². The topological polar surface area (TPSA) is 111 Å². The van der Waals surface area contributed by atoms with E-state index in [1.54, 1.807) is 32.2 Å². The molecular formula is C22H25N5O3. The van der Waals surface area contributed by atoms with Crippen molar-refractivity contribution in [3.63, 3.8) is 0 Å². The van der Waals surface area contributed by atoms with Crippen molar-refractivity contribution in [2.24, 2.45) is 0 Å². The molecule has 156 valence electrons. The third-order valence-corrected chi connectivity index (χ3v) is 4.36. The lowest BCUT2D eigenvalue weighted by Gasteiger charge is -2.19. The lowest BCUT2D eigenvalue weighted by molar-refractivity contribution is 0.262. The summed E-state index contributed by atoms with van der Waals surface area (Å²) in [5, 5.41) is 5.59. The van der Waals surface area contributed by atoms with Crippen LogP contribution in [0.4, 0.5) is 22.0 Å². The monoisotopic (exact) mass is 407 g/mol. The first-order chi connectivity index (χ1) is 14.4. The highest BCUT2D eigenvalue weighted by atomic mass is 16.5. The first-order valence-corrected chi connectivity index (χ1v) is 9.49. The fourth-order valence-corrected chi connectivity index (χ4v) is 2.86. The van der Waals surface area contributed by atoms with Crippen molar-refractivity contribution in [2.45, 2.75) is 26.7 Å². The van der Waals surface area contributed by atoms with Gasteiger partial charge in [0.05, 0.1) is 19.0 Å². The lowest BCUT2D eigenvalue weighted by Crippen LogP contribution is -2.20. The lowest BCUT2D eigenvalue weighted by atomic mass is 10.0. The van der Waals surface area contributed by atoms with Gasteiger partial charge in [-0.3, -0.25) is 0 Å². The number of nitrogens with zero attached hydrogens (tertiary/aromatic N) is 2. The minimum Gasteiger partial charge on any atom is -0.495 e. The molecule has 0 saturated heterocycles. The smallest absolute Gasteiger partial charge is 0.323 e. The van der Waals surface area contributed by atoms with Crippen molar-refractivity contribution >= 4 is 23.2 Å². The Hall–Kier alpha value is -3.81. The molecule has 0 unspecified atom stereocenters. The zero-order valence-electron chi connectivity index (χ0n) is 17.4. The van der Waals surface area contributed by atoms with Crippen LogP contribution in [-0.2, 0) is 0 Å². The summed E-state index contributed by atoms with van der Waals surface area (Å²) in [6, 6.07) is 12.3. The highest BCUT2D eigenvalue weighted by Crippen LogP contribution is 2.39. The number of methoxy groups -OCH3 is 1. The number of nitrogens with one attached hydrogen (secondary N) is 2. The summed E-state index contributed by atoms with van der Waals surface area (Å²) in [6.07, 6.45) is 1.53. The number of rotatable bonds is 6. The molecule has 0 saturated carbocycles. The zero-order chi connectivity index (χ0) is 21.7. The van der Waals surface area contributed by atoms with Gasteiger partial charge in [-0.05, 0) is 31.0 Å². The molecule has 0 aliphatic carbocycles. The van der Waals surface area contributed by atoms with E-state index in [2.05, 4.69) is 20.6 Å². The number of carbonyl (C=O) groups is 1. The van der Waals surface area contributed by atoms with Crippen molar-refractivity contribution in [3.8, 4) is 17.2 Å². The number of ether oxygens (including phenoxy) is 2. The fraction of sp³-hybridized carbons (Fsp3) is 0.227. The largest absolute Gasteiger partial charge is 0.495 e. The van der Waals surface area contributed by atoms with Crippen LogP contribution < -0.4 is 25.8 Å². The molecule has 2 aromatic carbocycles. The molecular weight excluding hydrogens is 382 g/mol. The summed E-state index contributed by atoms with van der Waals surface area (Å²) in [5.74, 6) is 2.31. The van der Waals surface area contributed by atoms with Gasteiger partial charge >= 0.3 is 6.03 Å². The van der Waals surface area contributed by atoms with Crippen LogP contribution in [0.5, 0.6) is 17.2 Å². The van der Waals surface area contributed by atoms with Crippen molar-refractivity contribution in [2.75, 3.05) is 23.5 Å². The molecule has 0 atom stereocenters. The maximum atomic E-state index is 12.5. The molecule has 30 heavy (non-hydrogen) atoms. The van der Waals surface area contributed by atoms with Crippen LogP contribution in [0.15, 0.2) is 48.7 Å². The molecule has 8 heteroatoms. The average molecular weight is 407 g/mol. The van der Waals surface area contributed by atoms with Gasteiger partial charge in [0.1, 0.15) is 17.3 Å². The van der Waals surface area contributed by atoms with E-state index in [-0.39, 0.29) is 11.7 Å². The van der Waals surface area contributed by atoms with Crippen LogP contribution in [-0.4, -0.2) is 23.1 Å². The van der Waals surface area contributed by atoms with Gasteiger partial charge < -0.3 is 25.8 Å². The minimum absolute atomic E-state index is 0.133. The maximum absolute atomic E-state index is 12.5. The van der Waals surface area contributed by atoms with Crippen molar-refractivity contribution in [3.05, 3.63) is 60.0 Å². The van der Waals surface area contributed by atoms with Gasteiger partial charge in [-0.1, -0.05) is 32.0 Å². The average Bonchev–Trinajstić information content (AvgIpc) is 2.70. The number of para-hydroxylation sites is 1. The minimum atomic E-state index is -0.402. The number of urea groups is 1. The second-order valence-electron chi connectivity index (χ2n) is 6.96. The number of carbonyl (C=O) groups excluding carboxylic acids is 1. The highest BCUT2D eigenvalue weighted by molar-refractivity contribution is 6.00. The molecule has 3 aromatic rings. The SMILES string of the molecule is COc1cc(C(C)C)c(Oc2cnc(C)nc2N)cc1NC(=O)Nc1ccccc1. The number of hydrogen-bond acceptors (Lipinski definition) is 6. The number of nitrogens with two attached hydrogens (primary N) is 1. The normalized spacial score (nSPS) is 10.6. The number of amides is 2. The summed E-state index contributed by atoms with van der Waals surface area (Å²) in [6.45, 7) is 5.82. The Morgan fingerprint density at radius 3 is 2.43 bits per heavy atom. The summed E-state index contributed by atoms with van der Waals surface area (Å²) in [5.41, 5.74) is 8.00. The summed E-state index contributed by atoms with van der Waals surface area (Å²) < 4.78 is 11.5. The first kappa shape index (κ1) is 20.9. The van der Waals surface area contributed by atoms with Crippen LogP contribution in [0.2, 0.25) is 0 Å². The van der Waals surface area contributed by atoms with E-state index in [0.29, 0.717) is 34.4 Å². The van der Waals surface area contributed by atoms with E-state index in [0.717, 1.165) is 5.56 Å². The summed E-state index contributed by atoms with van der Waals surface area (Å²) in [7, 11) is 1.55. The van der Waals surface area contributed by atoms with Gasteiger partial charge in [-0.25, -0.2) is 14.8 Å². The Labute approximate surface area is 175 Å². The molecule has 0 spiro atoms. The van der Waals surface area contributed by atoms with Gasteiger partial charge in [0, 0.05) is 17.3 Å². The quantitative estimate of drug-likeness (QED) is 0.534. The Balaban J connectivity index is 1.92. The molecule has 0 aliphatic heterocycles. The first-order valence-electron chi connectivity index (χ1n) is 9.49. The number of nitrogen functional groups attached to an aromatic ring is 1. The van der Waals surface area contributed by atoms with Gasteiger partial charge in [-0.2, -0.15) is 0 Å². The van der Waals surface area contributed by atoms with E-state index in [4.69, 9.17) is 15.2 Å². The summed E-state index contributed by atoms with van der Waals surface area (Å²) >= 11 is 0. The Kier molecular flexibility index (Phi) is 6.36. The van der Waals surface area contributed by atoms with Crippen LogP contribution >= 0.6 is 0 Å². The third kappa shape index (κ3) is 4.96. The van der Waals surface area contributed by atoms with Gasteiger partial charge in [0.2, 0.25) is 0 Å². The number of anilines is 3. The van der Waals surface area contributed by atoms with Gasteiger partial charge in [0.15, 0.2) is 11.6 Å². The predicted octanol–water partition coefficient (Wildman–Crippen LogP) is 4.94. The van der Waals surface area contributed by atoms with Crippen molar-refractivity contribution < 1.29 is 14.3 Å². The van der Waals surface area contributed by atoms with Gasteiger partial charge in [0.25, 0.3) is 0 Å². The van der Waals surface area contributed by atoms with E-state index in [1.807, 2.05) is 38.1 Å². The molecule has 0 aliphatic rings. The standard InChI is InChI=1S/C22H25N5O3/c1-13(2)16-10-19(29-4)17(27-22(28)26-15-8-6-5-7-9-15)11-18(16)30-20-12-24-14(3)25-21(20)23/h5-13H,1-4H3,(H2,23,24,25)(H2,26,27,28). The van der Waals surface area contributed by atoms with Crippen molar-refractivity contribution in [1.29, 1.82) is 0 Å². The number of benzene rings is 2. The van der Waals surface area contributed by atoms with E-state index >= 15 is 0 Å². The molecule has 1 heterocycles. The number of aryl methyl sites for hydroxylation is 1. The molecule has 1 aromatic heterocycles. The molecule has 0 radical (unpaired) electrons. The Morgan fingerprint density at radius 1 is 1.07 bits per heavy atom. The molecule has 2 amide bonds. The Bertz CT molecular complexity index is 1040.